The van der Waals surface area contributed by atoms with Crippen LogP contribution in [0, 0.1) is 0 Å². The Morgan fingerprint density at radius 1 is 1.46 bits per heavy atom. The third-order valence-corrected chi connectivity index (χ3v) is 2.47. The Hall–Kier alpha value is -0.630. The van der Waals surface area contributed by atoms with Gasteiger partial charge in [0.15, 0.2) is 5.15 Å². The summed E-state index contributed by atoms with van der Waals surface area (Å²) in [7, 11) is 0. The topological polar surface area (TPSA) is 25.8 Å². The van der Waals surface area contributed by atoms with Crippen LogP contribution in [0.5, 0.6) is 0 Å². The van der Waals surface area contributed by atoms with E-state index in [1.54, 1.807) is 6.20 Å². The summed E-state index contributed by atoms with van der Waals surface area (Å²) in [6.45, 7) is 6.58. The van der Waals surface area contributed by atoms with Gasteiger partial charge in [-0.1, -0.05) is 38.8 Å². The summed E-state index contributed by atoms with van der Waals surface area (Å²) < 4.78 is 0. The number of hydrogen-bond donors (Lipinski definition) is 0. The molecule has 1 heterocycles. The van der Waals surface area contributed by atoms with E-state index in [0.29, 0.717) is 5.15 Å². The molecule has 0 unspecified atom stereocenters. The normalized spacial score (nSPS) is 11.7. The fourth-order valence-corrected chi connectivity index (χ4v) is 1.64. The molecule has 2 nitrogen and oxygen atoms in total. The van der Waals surface area contributed by atoms with Crippen LogP contribution in [-0.2, 0) is 5.41 Å². The first kappa shape index (κ1) is 10.5. The van der Waals surface area contributed by atoms with E-state index >= 15 is 0 Å². The number of halogens is 1. The van der Waals surface area contributed by atoms with Crippen LogP contribution < -0.4 is 0 Å². The molecular weight excluding hydrogens is 184 g/mol. The molecule has 0 radical (unpaired) electrons. The SMILES string of the molecule is CCCC(C)(C)c1cnnc(Cl)c1. The summed E-state index contributed by atoms with van der Waals surface area (Å²) in [4.78, 5) is 0. The Balaban J connectivity index is 2.93. The van der Waals surface area contributed by atoms with E-state index in [4.69, 9.17) is 11.6 Å². The lowest BCUT2D eigenvalue weighted by Crippen LogP contribution is -2.17. The van der Waals surface area contributed by atoms with E-state index in [9.17, 15) is 0 Å². The van der Waals surface area contributed by atoms with Gasteiger partial charge in [-0.2, -0.15) is 5.10 Å². The minimum atomic E-state index is 0.147. The minimum Gasteiger partial charge on any atom is -0.157 e. The van der Waals surface area contributed by atoms with Crippen molar-refractivity contribution in [3.63, 3.8) is 0 Å². The molecule has 0 aliphatic heterocycles. The molecule has 3 heteroatoms. The van der Waals surface area contributed by atoms with Crippen LogP contribution in [-0.4, -0.2) is 10.2 Å². The quantitative estimate of drug-likeness (QED) is 0.746. The Labute approximate surface area is 84.3 Å². The highest BCUT2D eigenvalue weighted by Crippen LogP contribution is 2.28. The van der Waals surface area contributed by atoms with E-state index < -0.39 is 0 Å². The maximum Gasteiger partial charge on any atom is 0.152 e. The second-order valence-corrected chi connectivity index (χ2v) is 4.29. The zero-order valence-electron chi connectivity index (χ0n) is 8.34. The number of hydrogen-bond acceptors (Lipinski definition) is 2. The van der Waals surface area contributed by atoms with Gasteiger partial charge in [0.05, 0.1) is 6.20 Å². The van der Waals surface area contributed by atoms with Crippen molar-refractivity contribution < 1.29 is 0 Å². The Bertz CT molecular complexity index is 284. The molecule has 1 rings (SSSR count). The summed E-state index contributed by atoms with van der Waals surface area (Å²) in [5.41, 5.74) is 1.31. The smallest absolute Gasteiger partial charge is 0.152 e. The molecule has 0 aliphatic carbocycles. The van der Waals surface area contributed by atoms with Crippen molar-refractivity contribution in [2.24, 2.45) is 0 Å². The Morgan fingerprint density at radius 3 is 2.69 bits per heavy atom. The molecule has 0 atom stereocenters. The van der Waals surface area contributed by atoms with Crippen LogP contribution in [0.15, 0.2) is 12.3 Å². The van der Waals surface area contributed by atoms with Crippen LogP contribution in [0.2, 0.25) is 5.15 Å². The molecule has 0 bridgehead atoms. The zero-order valence-corrected chi connectivity index (χ0v) is 9.10. The highest BCUT2D eigenvalue weighted by Gasteiger charge is 2.19. The molecule has 0 saturated carbocycles. The third-order valence-electron chi connectivity index (χ3n) is 2.28. The largest absolute Gasteiger partial charge is 0.157 e. The third kappa shape index (κ3) is 2.66. The number of rotatable bonds is 3. The summed E-state index contributed by atoms with van der Waals surface area (Å²) in [5, 5.41) is 8.05. The first-order valence-electron chi connectivity index (χ1n) is 4.55. The molecule has 0 aliphatic rings. The van der Waals surface area contributed by atoms with Crippen molar-refractivity contribution in [1.29, 1.82) is 0 Å². The van der Waals surface area contributed by atoms with Gasteiger partial charge in [0.1, 0.15) is 0 Å². The molecule has 1 aromatic rings. The van der Waals surface area contributed by atoms with Crippen LogP contribution in [0.25, 0.3) is 0 Å². The average Bonchev–Trinajstić information content (AvgIpc) is 2.04. The van der Waals surface area contributed by atoms with Crippen LogP contribution in [0.4, 0.5) is 0 Å². The van der Waals surface area contributed by atoms with E-state index in [-0.39, 0.29) is 5.41 Å². The predicted octanol–water partition coefficient (Wildman–Crippen LogP) is 3.21. The van der Waals surface area contributed by atoms with Crippen LogP contribution in [0.3, 0.4) is 0 Å². The van der Waals surface area contributed by atoms with Gasteiger partial charge in [0, 0.05) is 0 Å². The molecule has 0 spiro atoms. The second kappa shape index (κ2) is 4.05. The van der Waals surface area contributed by atoms with Crippen molar-refractivity contribution in [2.45, 2.75) is 39.0 Å². The number of aromatic nitrogens is 2. The van der Waals surface area contributed by atoms with Gasteiger partial charge in [-0.25, -0.2) is 0 Å². The van der Waals surface area contributed by atoms with Crippen LogP contribution in [0.1, 0.15) is 39.2 Å². The lowest BCUT2D eigenvalue weighted by atomic mass is 9.82. The molecular formula is C10H15ClN2. The summed E-state index contributed by atoms with van der Waals surface area (Å²) in [6, 6.07) is 1.89. The monoisotopic (exact) mass is 198 g/mol. The van der Waals surface area contributed by atoms with Crippen molar-refractivity contribution in [2.75, 3.05) is 0 Å². The predicted molar refractivity (Wildman–Crippen MR) is 55.0 cm³/mol. The highest BCUT2D eigenvalue weighted by molar-refractivity contribution is 6.29. The van der Waals surface area contributed by atoms with Crippen molar-refractivity contribution in [3.05, 3.63) is 23.0 Å². The van der Waals surface area contributed by atoms with Crippen molar-refractivity contribution in [1.82, 2.24) is 10.2 Å². The summed E-state index contributed by atoms with van der Waals surface area (Å²) in [5.74, 6) is 0. The van der Waals surface area contributed by atoms with Crippen molar-refractivity contribution in [3.8, 4) is 0 Å². The first-order chi connectivity index (χ1) is 6.06. The lowest BCUT2D eigenvalue weighted by Gasteiger charge is -2.23. The molecule has 13 heavy (non-hydrogen) atoms. The maximum atomic E-state index is 5.78. The first-order valence-corrected chi connectivity index (χ1v) is 4.93. The van der Waals surface area contributed by atoms with E-state index in [2.05, 4.69) is 31.0 Å². The Kier molecular flexibility index (Phi) is 3.26. The fraction of sp³-hybridized carbons (Fsp3) is 0.600. The van der Waals surface area contributed by atoms with Crippen LogP contribution >= 0.6 is 11.6 Å². The standard InChI is InChI=1S/C10H15ClN2/c1-4-5-10(2,3)8-6-9(11)13-12-7-8/h6-7H,4-5H2,1-3H3. The second-order valence-electron chi connectivity index (χ2n) is 3.90. The number of nitrogens with zero attached hydrogens (tertiary/aromatic N) is 2. The lowest BCUT2D eigenvalue weighted by molar-refractivity contribution is 0.470. The summed E-state index contributed by atoms with van der Waals surface area (Å²) >= 11 is 5.78. The van der Waals surface area contributed by atoms with Gasteiger partial charge >= 0.3 is 0 Å². The maximum absolute atomic E-state index is 5.78. The van der Waals surface area contributed by atoms with E-state index in [0.717, 1.165) is 18.4 Å². The minimum absolute atomic E-state index is 0.147. The molecule has 1 aromatic heterocycles. The molecule has 0 aromatic carbocycles. The Morgan fingerprint density at radius 2 is 2.15 bits per heavy atom. The molecule has 72 valence electrons. The van der Waals surface area contributed by atoms with E-state index in [1.165, 1.54) is 0 Å². The molecule has 0 saturated heterocycles. The van der Waals surface area contributed by atoms with Gasteiger partial charge < -0.3 is 0 Å². The van der Waals surface area contributed by atoms with Gasteiger partial charge in [0.2, 0.25) is 0 Å². The molecule has 0 fully saturated rings. The zero-order chi connectivity index (χ0) is 9.90. The molecule has 0 N–H and O–H groups in total. The van der Waals surface area contributed by atoms with Gasteiger partial charge in [-0.05, 0) is 23.5 Å². The highest BCUT2D eigenvalue weighted by atomic mass is 35.5. The fourth-order valence-electron chi connectivity index (χ4n) is 1.48. The molecule has 0 amide bonds. The van der Waals surface area contributed by atoms with Crippen molar-refractivity contribution >= 4 is 11.6 Å². The van der Waals surface area contributed by atoms with E-state index in [1.807, 2.05) is 6.07 Å². The summed E-state index contributed by atoms with van der Waals surface area (Å²) in [6.07, 6.45) is 4.09. The van der Waals surface area contributed by atoms with Gasteiger partial charge in [-0.15, -0.1) is 5.10 Å². The average molecular weight is 199 g/mol. The van der Waals surface area contributed by atoms with Gasteiger partial charge in [-0.3, -0.25) is 0 Å². The van der Waals surface area contributed by atoms with Gasteiger partial charge in [0.25, 0.3) is 0 Å².